The van der Waals surface area contributed by atoms with Gasteiger partial charge in [-0.3, -0.25) is 0 Å². The molecule has 0 heterocycles. The van der Waals surface area contributed by atoms with Crippen molar-refractivity contribution >= 4 is 11.4 Å². The zero-order valence-electron chi connectivity index (χ0n) is 25.2. The van der Waals surface area contributed by atoms with Crippen LogP contribution in [0.4, 0.5) is 11.4 Å². The summed E-state index contributed by atoms with van der Waals surface area (Å²) in [7, 11) is 0. The second-order valence-corrected chi connectivity index (χ2v) is 13.1. The van der Waals surface area contributed by atoms with Crippen LogP contribution in [-0.2, 0) is 10.8 Å². The van der Waals surface area contributed by atoms with E-state index in [0.717, 1.165) is 11.4 Å². The first-order valence-electron chi connectivity index (χ1n) is 15.3. The molecule has 0 amide bonds. The monoisotopic (exact) mass is 553 g/mol. The lowest BCUT2D eigenvalue weighted by Crippen LogP contribution is -2.15. The first-order valence-corrected chi connectivity index (χ1v) is 15.3. The highest BCUT2D eigenvalue weighted by Gasteiger charge is 2.38. The number of benzene rings is 6. The van der Waals surface area contributed by atoms with Crippen molar-refractivity contribution in [3.63, 3.8) is 0 Å². The van der Waals surface area contributed by atoms with Crippen LogP contribution in [0.25, 0.3) is 44.5 Å². The smallest absolute Gasteiger partial charge is 0.0473 e. The van der Waals surface area contributed by atoms with E-state index in [1.54, 1.807) is 0 Å². The van der Waals surface area contributed by atoms with Crippen LogP contribution in [-0.4, -0.2) is 0 Å². The van der Waals surface area contributed by atoms with Gasteiger partial charge in [0.25, 0.3) is 0 Å². The van der Waals surface area contributed by atoms with Crippen LogP contribution in [0.15, 0.2) is 133 Å². The van der Waals surface area contributed by atoms with Crippen LogP contribution < -0.4 is 5.32 Å². The Bertz CT molecular complexity index is 2030. The van der Waals surface area contributed by atoms with Gasteiger partial charge in [0, 0.05) is 27.8 Å². The summed E-state index contributed by atoms with van der Waals surface area (Å²) in [5.74, 6) is 0. The molecule has 2 aliphatic rings. The van der Waals surface area contributed by atoms with Gasteiger partial charge in [0.05, 0.1) is 0 Å². The number of nitrogens with one attached hydrogen (secondary N) is 1. The summed E-state index contributed by atoms with van der Waals surface area (Å²) in [5.41, 5.74) is 17.9. The van der Waals surface area contributed by atoms with Crippen molar-refractivity contribution in [1.29, 1.82) is 0 Å². The average Bonchev–Trinajstić information content (AvgIpc) is 3.41. The van der Waals surface area contributed by atoms with Crippen molar-refractivity contribution in [3.8, 4) is 44.5 Å². The topological polar surface area (TPSA) is 12.0 Å². The van der Waals surface area contributed by atoms with E-state index in [4.69, 9.17) is 0 Å². The third-order valence-corrected chi connectivity index (χ3v) is 9.85. The van der Waals surface area contributed by atoms with Crippen molar-refractivity contribution in [3.05, 3.63) is 156 Å². The molecule has 6 aromatic carbocycles. The lowest BCUT2D eigenvalue weighted by atomic mass is 9.80. The van der Waals surface area contributed by atoms with Crippen LogP contribution in [0.2, 0.25) is 0 Å². The summed E-state index contributed by atoms with van der Waals surface area (Å²) in [6.07, 6.45) is 0. The molecule has 208 valence electrons. The van der Waals surface area contributed by atoms with Crippen LogP contribution >= 0.6 is 0 Å². The van der Waals surface area contributed by atoms with Gasteiger partial charge in [-0.05, 0) is 91.5 Å². The molecule has 0 saturated carbocycles. The third kappa shape index (κ3) is 3.92. The Morgan fingerprint density at radius 2 is 0.953 bits per heavy atom. The summed E-state index contributed by atoms with van der Waals surface area (Å²) < 4.78 is 0. The van der Waals surface area contributed by atoms with Crippen LogP contribution in [0.1, 0.15) is 49.9 Å². The largest absolute Gasteiger partial charge is 0.355 e. The van der Waals surface area contributed by atoms with E-state index in [1.165, 1.54) is 66.8 Å². The van der Waals surface area contributed by atoms with Crippen LogP contribution in [0.5, 0.6) is 0 Å². The molecule has 0 bridgehead atoms. The predicted molar refractivity (Wildman–Crippen MR) is 182 cm³/mol. The van der Waals surface area contributed by atoms with E-state index in [0.29, 0.717) is 0 Å². The van der Waals surface area contributed by atoms with Crippen LogP contribution in [0, 0.1) is 0 Å². The predicted octanol–water partition coefficient (Wildman–Crippen LogP) is 11.4. The molecule has 0 fully saturated rings. The molecule has 8 rings (SSSR count). The average molecular weight is 554 g/mol. The SMILES string of the molecule is CC1(C)c2ccccc2-c2ccc(Nc3cc(-c4ccccc4)cc4c3-c3ccc(-c5ccccc5)cc3C4(C)C)cc21. The number of rotatable bonds is 4. The highest BCUT2D eigenvalue weighted by atomic mass is 14.9. The summed E-state index contributed by atoms with van der Waals surface area (Å²) in [6.45, 7) is 9.44. The minimum absolute atomic E-state index is 0.0418. The lowest BCUT2D eigenvalue weighted by molar-refractivity contribution is 0.660. The maximum absolute atomic E-state index is 3.93. The number of hydrogen-bond acceptors (Lipinski definition) is 1. The van der Waals surface area contributed by atoms with Gasteiger partial charge >= 0.3 is 0 Å². The van der Waals surface area contributed by atoms with Gasteiger partial charge in [0.1, 0.15) is 0 Å². The Morgan fingerprint density at radius 3 is 1.70 bits per heavy atom. The first kappa shape index (κ1) is 25.8. The van der Waals surface area contributed by atoms with Crippen molar-refractivity contribution in [1.82, 2.24) is 0 Å². The highest BCUT2D eigenvalue weighted by molar-refractivity contribution is 5.95. The minimum Gasteiger partial charge on any atom is -0.355 e. The fraction of sp³-hybridized carbons (Fsp3) is 0.143. The Morgan fingerprint density at radius 1 is 0.395 bits per heavy atom. The summed E-state index contributed by atoms with van der Waals surface area (Å²) in [4.78, 5) is 0. The maximum atomic E-state index is 3.93. The van der Waals surface area contributed by atoms with E-state index < -0.39 is 0 Å². The van der Waals surface area contributed by atoms with E-state index in [-0.39, 0.29) is 10.8 Å². The molecule has 0 atom stereocenters. The van der Waals surface area contributed by atoms with Crippen LogP contribution in [0.3, 0.4) is 0 Å². The minimum atomic E-state index is -0.141. The standard InChI is InChI=1S/C42H35N/c1-41(2)35-18-12-11-17-32(35)33-22-20-31(26-37(33)41)43-39-25-30(28-15-9-6-10-16-28)24-38-40(39)34-21-19-29(23-36(34)42(38,3)4)27-13-7-5-8-14-27/h5-26,43H,1-4H3. The Labute approximate surface area is 254 Å². The summed E-state index contributed by atoms with van der Waals surface area (Å²) >= 11 is 0. The molecular weight excluding hydrogens is 518 g/mol. The molecule has 0 radical (unpaired) electrons. The number of anilines is 2. The molecule has 1 nitrogen and oxygen atoms in total. The van der Waals surface area contributed by atoms with E-state index >= 15 is 0 Å². The van der Waals surface area contributed by atoms with Gasteiger partial charge in [0.2, 0.25) is 0 Å². The van der Waals surface area contributed by atoms with Gasteiger partial charge in [0.15, 0.2) is 0 Å². The van der Waals surface area contributed by atoms with Crippen molar-refractivity contribution < 1.29 is 0 Å². The fourth-order valence-corrected chi connectivity index (χ4v) is 7.49. The molecule has 43 heavy (non-hydrogen) atoms. The number of fused-ring (bicyclic) bond motifs is 6. The maximum Gasteiger partial charge on any atom is 0.0473 e. The molecule has 0 aliphatic heterocycles. The van der Waals surface area contributed by atoms with Gasteiger partial charge in [-0.25, -0.2) is 0 Å². The van der Waals surface area contributed by atoms with Crippen molar-refractivity contribution in [2.24, 2.45) is 0 Å². The quantitative estimate of drug-likeness (QED) is 0.229. The zero-order chi connectivity index (χ0) is 29.3. The Hall–Kier alpha value is -4.88. The first-order chi connectivity index (χ1) is 20.8. The Kier molecular flexibility index (Phi) is 5.59. The summed E-state index contributed by atoms with van der Waals surface area (Å²) in [5, 5.41) is 3.93. The van der Waals surface area contributed by atoms with E-state index in [9.17, 15) is 0 Å². The molecule has 0 saturated heterocycles. The van der Waals surface area contributed by atoms with Gasteiger partial charge < -0.3 is 5.32 Å². The van der Waals surface area contributed by atoms with Crippen molar-refractivity contribution in [2.75, 3.05) is 5.32 Å². The van der Waals surface area contributed by atoms with Crippen molar-refractivity contribution in [2.45, 2.75) is 38.5 Å². The summed E-state index contributed by atoms with van der Waals surface area (Å²) in [6, 6.07) is 49.0. The van der Waals surface area contributed by atoms with Gasteiger partial charge in [-0.2, -0.15) is 0 Å². The molecular formula is C42H35N. The molecule has 1 heteroatoms. The highest BCUT2D eigenvalue weighted by Crippen LogP contribution is 2.55. The zero-order valence-corrected chi connectivity index (χ0v) is 25.2. The van der Waals surface area contributed by atoms with Gasteiger partial charge in [-0.1, -0.05) is 131 Å². The molecule has 1 N–H and O–H groups in total. The Balaban J connectivity index is 1.29. The fourth-order valence-electron chi connectivity index (χ4n) is 7.49. The van der Waals surface area contributed by atoms with Gasteiger partial charge in [-0.15, -0.1) is 0 Å². The normalized spacial score (nSPS) is 14.9. The second-order valence-electron chi connectivity index (χ2n) is 13.1. The van der Waals surface area contributed by atoms with E-state index in [2.05, 4.69) is 166 Å². The molecule has 0 spiro atoms. The van der Waals surface area contributed by atoms with E-state index in [1.807, 2.05) is 0 Å². The molecule has 6 aromatic rings. The second kappa shape index (κ2) is 9.31. The third-order valence-electron chi connectivity index (χ3n) is 9.85. The lowest BCUT2D eigenvalue weighted by Gasteiger charge is -2.24. The molecule has 0 unspecified atom stereocenters. The number of hydrogen-bond donors (Lipinski definition) is 1. The molecule has 0 aromatic heterocycles. The molecule has 2 aliphatic carbocycles.